The molecule has 96 valence electrons. The lowest BCUT2D eigenvalue weighted by Gasteiger charge is -2.23. The Morgan fingerprint density at radius 2 is 1.88 bits per heavy atom. The quantitative estimate of drug-likeness (QED) is 0.797. The third kappa shape index (κ3) is 5.20. The summed E-state index contributed by atoms with van der Waals surface area (Å²) in [7, 11) is 0. The first-order valence-electron chi connectivity index (χ1n) is 6.17. The van der Waals surface area contributed by atoms with Gasteiger partial charge in [0.15, 0.2) is 0 Å². The molecule has 0 heterocycles. The summed E-state index contributed by atoms with van der Waals surface area (Å²) in [6, 6.07) is 8.49. The van der Waals surface area contributed by atoms with Crippen LogP contribution in [0, 0.1) is 0 Å². The van der Waals surface area contributed by atoms with Crippen LogP contribution in [-0.2, 0) is 0 Å². The van der Waals surface area contributed by atoms with Crippen molar-refractivity contribution in [3.63, 3.8) is 0 Å². The predicted molar refractivity (Wildman–Crippen MR) is 72.3 cm³/mol. The number of benzene rings is 1. The highest BCUT2D eigenvalue weighted by Crippen LogP contribution is 2.17. The van der Waals surface area contributed by atoms with Crippen molar-refractivity contribution in [2.24, 2.45) is 5.73 Å². The minimum absolute atomic E-state index is 0.181. The van der Waals surface area contributed by atoms with Gasteiger partial charge in [-0.1, -0.05) is 12.1 Å². The van der Waals surface area contributed by atoms with E-state index in [-0.39, 0.29) is 5.54 Å². The topological polar surface area (TPSA) is 47.3 Å². The molecule has 3 heteroatoms. The Balaban J connectivity index is 2.54. The summed E-state index contributed by atoms with van der Waals surface area (Å²) in [5.74, 6) is 0.919. The second kappa shape index (κ2) is 6.03. The Hall–Kier alpha value is -1.06. The maximum Gasteiger partial charge on any atom is 0.119 e. The van der Waals surface area contributed by atoms with Crippen LogP contribution in [0.25, 0.3) is 0 Å². The Kier molecular flexibility index (Phi) is 4.97. The highest BCUT2D eigenvalue weighted by Gasteiger charge is 2.12. The first-order chi connectivity index (χ1) is 7.92. The molecule has 1 aromatic carbocycles. The molecule has 0 bridgehead atoms. The SMILES string of the molecule is CCOc1ccc(C(C)NCC(C)(C)N)cc1. The summed E-state index contributed by atoms with van der Waals surface area (Å²) in [5, 5.41) is 3.42. The van der Waals surface area contributed by atoms with Crippen molar-refractivity contribution >= 4 is 0 Å². The van der Waals surface area contributed by atoms with Gasteiger partial charge in [-0.15, -0.1) is 0 Å². The van der Waals surface area contributed by atoms with Gasteiger partial charge >= 0.3 is 0 Å². The third-order valence-electron chi connectivity index (χ3n) is 2.55. The number of nitrogens with one attached hydrogen (secondary N) is 1. The standard InChI is InChI=1S/C14H24N2O/c1-5-17-13-8-6-12(7-9-13)11(2)16-10-14(3,4)15/h6-9,11,16H,5,10,15H2,1-4H3. The maximum absolute atomic E-state index is 5.94. The van der Waals surface area contributed by atoms with Crippen molar-refractivity contribution in [1.29, 1.82) is 0 Å². The Labute approximate surface area is 104 Å². The van der Waals surface area contributed by atoms with Crippen molar-refractivity contribution in [3.8, 4) is 5.75 Å². The predicted octanol–water partition coefficient (Wildman–Crippen LogP) is 2.47. The van der Waals surface area contributed by atoms with Crippen LogP contribution in [0.2, 0.25) is 0 Å². The van der Waals surface area contributed by atoms with E-state index in [1.807, 2.05) is 32.9 Å². The highest BCUT2D eigenvalue weighted by atomic mass is 16.5. The van der Waals surface area contributed by atoms with Gasteiger partial charge in [-0.3, -0.25) is 0 Å². The van der Waals surface area contributed by atoms with Gasteiger partial charge < -0.3 is 15.8 Å². The average molecular weight is 236 g/mol. The zero-order valence-corrected chi connectivity index (χ0v) is 11.3. The lowest BCUT2D eigenvalue weighted by molar-refractivity contribution is 0.340. The molecule has 1 unspecified atom stereocenters. The number of hydrogen-bond acceptors (Lipinski definition) is 3. The lowest BCUT2D eigenvalue weighted by atomic mass is 10.0. The normalized spacial score (nSPS) is 13.5. The molecule has 0 amide bonds. The van der Waals surface area contributed by atoms with Crippen molar-refractivity contribution in [2.75, 3.05) is 13.2 Å². The van der Waals surface area contributed by atoms with Crippen LogP contribution < -0.4 is 15.8 Å². The van der Waals surface area contributed by atoms with Crippen LogP contribution in [0.4, 0.5) is 0 Å². The zero-order chi connectivity index (χ0) is 12.9. The molecule has 0 fully saturated rings. The summed E-state index contributed by atoms with van der Waals surface area (Å²) in [6.45, 7) is 9.66. The van der Waals surface area contributed by atoms with Crippen LogP contribution >= 0.6 is 0 Å². The molecule has 17 heavy (non-hydrogen) atoms. The Morgan fingerprint density at radius 3 is 2.35 bits per heavy atom. The monoisotopic (exact) mass is 236 g/mol. The first kappa shape index (κ1) is 14.0. The van der Waals surface area contributed by atoms with Crippen molar-refractivity contribution in [3.05, 3.63) is 29.8 Å². The number of hydrogen-bond donors (Lipinski definition) is 2. The van der Waals surface area contributed by atoms with E-state index in [0.717, 1.165) is 12.3 Å². The summed E-state index contributed by atoms with van der Waals surface area (Å²) < 4.78 is 5.41. The van der Waals surface area contributed by atoms with Crippen LogP contribution in [-0.4, -0.2) is 18.7 Å². The molecule has 0 aromatic heterocycles. The summed E-state index contributed by atoms with van der Waals surface area (Å²) in [5.41, 5.74) is 7.01. The van der Waals surface area contributed by atoms with Crippen LogP contribution in [0.3, 0.4) is 0 Å². The second-order valence-corrected chi connectivity index (χ2v) is 5.09. The van der Waals surface area contributed by atoms with Crippen molar-refractivity contribution in [1.82, 2.24) is 5.32 Å². The summed E-state index contributed by atoms with van der Waals surface area (Å²) in [4.78, 5) is 0. The van der Waals surface area contributed by atoms with Gasteiger partial charge in [0.05, 0.1) is 6.61 Å². The Bertz CT molecular complexity index is 327. The minimum atomic E-state index is -0.181. The Morgan fingerprint density at radius 1 is 1.29 bits per heavy atom. The molecular weight excluding hydrogens is 212 g/mol. The zero-order valence-electron chi connectivity index (χ0n) is 11.3. The van der Waals surface area contributed by atoms with Gasteiger partial charge in [0.25, 0.3) is 0 Å². The van der Waals surface area contributed by atoms with Crippen molar-refractivity contribution in [2.45, 2.75) is 39.3 Å². The molecule has 1 atom stereocenters. The van der Waals surface area contributed by atoms with E-state index in [4.69, 9.17) is 10.5 Å². The van der Waals surface area contributed by atoms with E-state index >= 15 is 0 Å². The fraction of sp³-hybridized carbons (Fsp3) is 0.571. The first-order valence-corrected chi connectivity index (χ1v) is 6.17. The molecule has 0 radical (unpaired) electrons. The fourth-order valence-corrected chi connectivity index (χ4v) is 1.55. The maximum atomic E-state index is 5.94. The highest BCUT2D eigenvalue weighted by molar-refractivity contribution is 5.28. The van der Waals surface area contributed by atoms with E-state index in [0.29, 0.717) is 12.6 Å². The van der Waals surface area contributed by atoms with Crippen LogP contribution in [0.15, 0.2) is 24.3 Å². The summed E-state index contributed by atoms with van der Waals surface area (Å²) >= 11 is 0. The van der Waals surface area contributed by atoms with Gasteiger partial charge in [0, 0.05) is 18.1 Å². The number of ether oxygens (including phenoxy) is 1. The van der Waals surface area contributed by atoms with E-state index in [1.54, 1.807) is 0 Å². The van der Waals surface area contributed by atoms with Gasteiger partial charge in [-0.2, -0.15) is 0 Å². The molecule has 0 aliphatic carbocycles. The smallest absolute Gasteiger partial charge is 0.119 e. The second-order valence-electron chi connectivity index (χ2n) is 5.09. The van der Waals surface area contributed by atoms with Crippen LogP contribution in [0.5, 0.6) is 5.75 Å². The van der Waals surface area contributed by atoms with E-state index in [1.165, 1.54) is 5.56 Å². The molecule has 0 saturated carbocycles. The van der Waals surface area contributed by atoms with E-state index < -0.39 is 0 Å². The molecule has 0 saturated heterocycles. The average Bonchev–Trinajstić information content (AvgIpc) is 2.26. The van der Waals surface area contributed by atoms with Gasteiger partial charge in [-0.25, -0.2) is 0 Å². The molecule has 0 spiro atoms. The van der Waals surface area contributed by atoms with E-state index in [9.17, 15) is 0 Å². The van der Waals surface area contributed by atoms with Gasteiger partial charge in [0.1, 0.15) is 5.75 Å². The summed E-state index contributed by atoms with van der Waals surface area (Å²) in [6.07, 6.45) is 0. The molecule has 3 nitrogen and oxygen atoms in total. The molecule has 0 aliphatic rings. The third-order valence-corrected chi connectivity index (χ3v) is 2.55. The largest absolute Gasteiger partial charge is 0.494 e. The molecule has 1 aromatic rings. The molecular formula is C14H24N2O. The number of nitrogens with two attached hydrogens (primary N) is 1. The lowest BCUT2D eigenvalue weighted by Crippen LogP contribution is -2.43. The van der Waals surface area contributed by atoms with E-state index in [2.05, 4.69) is 24.4 Å². The number of rotatable bonds is 6. The molecule has 1 rings (SSSR count). The molecule has 3 N–H and O–H groups in total. The fourth-order valence-electron chi connectivity index (χ4n) is 1.55. The minimum Gasteiger partial charge on any atom is -0.494 e. The van der Waals surface area contributed by atoms with Crippen molar-refractivity contribution < 1.29 is 4.74 Å². The molecule has 0 aliphatic heterocycles. The van der Waals surface area contributed by atoms with Gasteiger partial charge in [0.2, 0.25) is 0 Å². The van der Waals surface area contributed by atoms with Gasteiger partial charge in [-0.05, 0) is 45.4 Å². The van der Waals surface area contributed by atoms with Crippen LogP contribution in [0.1, 0.15) is 39.3 Å².